The summed E-state index contributed by atoms with van der Waals surface area (Å²) in [6, 6.07) is 71.5. The molecule has 0 N–H and O–H groups in total. The quantitative estimate of drug-likeness (QED) is 0.164. The summed E-state index contributed by atoms with van der Waals surface area (Å²) >= 11 is 1.84. The normalized spacial score (nSPS) is 12.1. The van der Waals surface area contributed by atoms with Gasteiger partial charge in [-0.1, -0.05) is 164 Å². The minimum atomic E-state index is 0.911. The number of thiophene rings is 1. The lowest BCUT2D eigenvalue weighted by molar-refractivity contribution is 0.669. The van der Waals surface area contributed by atoms with Gasteiger partial charge in [-0.2, -0.15) is 0 Å². The van der Waals surface area contributed by atoms with E-state index in [0.29, 0.717) is 0 Å². The lowest BCUT2D eigenvalue weighted by Gasteiger charge is -2.20. The van der Waals surface area contributed by atoms with Gasteiger partial charge in [0.1, 0.15) is 11.2 Å². The average Bonchev–Trinajstić information content (AvgIpc) is 3.84. The lowest BCUT2D eigenvalue weighted by atomic mass is 9.83. The van der Waals surface area contributed by atoms with E-state index in [2.05, 4.69) is 194 Å². The molecule has 0 aliphatic carbocycles. The summed E-state index contributed by atoms with van der Waals surface area (Å²) in [5.74, 6) is 0. The van der Waals surface area contributed by atoms with Gasteiger partial charge in [0.05, 0.1) is 0 Å². The zero-order valence-electron chi connectivity index (χ0n) is 31.3. The molecule has 0 atom stereocenters. The summed E-state index contributed by atoms with van der Waals surface area (Å²) in [4.78, 5) is 0. The van der Waals surface area contributed by atoms with E-state index in [1.165, 1.54) is 102 Å². The topological polar surface area (TPSA) is 13.1 Å². The van der Waals surface area contributed by atoms with Crippen molar-refractivity contribution in [3.63, 3.8) is 0 Å². The van der Waals surface area contributed by atoms with Crippen LogP contribution in [0, 0.1) is 0 Å². The number of furan rings is 1. The van der Waals surface area contributed by atoms with E-state index in [1.54, 1.807) is 0 Å². The highest BCUT2D eigenvalue weighted by Gasteiger charge is 2.21. The molecule has 2 heteroatoms. The first kappa shape index (κ1) is 31.9. The molecule has 2 heterocycles. The third kappa shape index (κ3) is 4.52. The van der Waals surface area contributed by atoms with Crippen molar-refractivity contribution in [2.24, 2.45) is 0 Å². The van der Waals surface area contributed by atoms with E-state index in [4.69, 9.17) is 4.42 Å². The molecule has 0 fully saturated rings. The molecule has 0 unspecified atom stereocenters. The van der Waals surface area contributed by atoms with E-state index >= 15 is 0 Å². The largest absolute Gasteiger partial charge is 0.456 e. The van der Waals surface area contributed by atoms with Crippen LogP contribution in [0.3, 0.4) is 0 Å². The Bertz CT molecular complexity index is 3800. The van der Waals surface area contributed by atoms with Crippen molar-refractivity contribution in [3.8, 4) is 33.4 Å². The van der Waals surface area contributed by atoms with Gasteiger partial charge >= 0.3 is 0 Å². The Morgan fingerprint density at radius 2 is 0.828 bits per heavy atom. The Labute approximate surface area is 337 Å². The maximum atomic E-state index is 6.69. The van der Waals surface area contributed by atoms with Gasteiger partial charge in [0, 0.05) is 30.9 Å². The summed E-state index contributed by atoms with van der Waals surface area (Å²) in [7, 11) is 0. The fourth-order valence-corrected chi connectivity index (χ4v) is 11.0. The van der Waals surface area contributed by atoms with Crippen molar-refractivity contribution >= 4 is 107 Å². The highest BCUT2D eigenvalue weighted by atomic mass is 32.1. The van der Waals surface area contributed by atoms with Crippen molar-refractivity contribution in [1.29, 1.82) is 0 Å². The van der Waals surface area contributed by atoms with Crippen LogP contribution in [0.15, 0.2) is 199 Å². The predicted molar refractivity (Wildman–Crippen MR) is 250 cm³/mol. The molecule has 0 aliphatic heterocycles. The van der Waals surface area contributed by atoms with Crippen LogP contribution in [0.4, 0.5) is 0 Å². The van der Waals surface area contributed by atoms with E-state index in [0.717, 1.165) is 27.5 Å². The smallest absolute Gasteiger partial charge is 0.136 e. The molecule has 13 rings (SSSR count). The third-order valence-electron chi connectivity index (χ3n) is 12.4. The van der Waals surface area contributed by atoms with Crippen molar-refractivity contribution in [2.75, 3.05) is 0 Å². The number of hydrogen-bond acceptors (Lipinski definition) is 2. The molecule has 0 saturated heterocycles. The number of rotatable bonds is 3. The number of benzene rings is 11. The highest BCUT2D eigenvalue weighted by molar-refractivity contribution is 7.26. The van der Waals surface area contributed by atoms with Crippen molar-refractivity contribution in [3.05, 3.63) is 194 Å². The molecule has 0 bridgehead atoms. The summed E-state index contributed by atoms with van der Waals surface area (Å²) in [5, 5.41) is 17.5. The molecule has 0 radical (unpaired) electrons. The lowest BCUT2D eigenvalue weighted by Crippen LogP contribution is -1.93. The van der Waals surface area contributed by atoms with Crippen molar-refractivity contribution in [2.45, 2.75) is 0 Å². The molecule has 268 valence electrons. The maximum Gasteiger partial charge on any atom is 0.136 e. The molecule has 1 nitrogen and oxygen atoms in total. The minimum Gasteiger partial charge on any atom is -0.456 e. The van der Waals surface area contributed by atoms with Crippen LogP contribution in [0.2, 0.25) is 0 Å². The molecule has 58 heavy (non-hydrogen) atoms. The second-order valence-electron chi connectivity index (χ2n) is 15.5. The van der Waals surface area contributed by atoms with Gasteiger partial charge in [0.25, 0.3) is 0 Å². The van der Waals surface area contributed by atoms with Crippen LogP contribution in [-0.4, -0.2) is 0 Å². The molecule has 11 aromatic carbocycles. The Hall–Kier alpha value is -7.26. The zero-order chi connectivity index (χ0) is 37.9. The summed E-state index contributed by atoms with van der Waals surface area (Å²) < 4.78 is 9.25. The molecular weight excluding hydrogens is 721 g/mol. The van der Waals surface area contributed by atoms with E-state index in [9.17, 15) is 0 Å². The molecule has 0 amide bonds. The van der Waals surface area contributed by atoms with Crippen LogP contribution in [-0.2, 0) is 0 Å². The standard InChI is InChI=1S/C56H32OS/c1-3-15-36-33(12-1)14-11-23-42(36)54-43-19-7-9-21-45(43)55(46-22-10-8-20-44(46)54)47-28-27-37(39-17-5-6-18-40(39)47)35-24-26-41-48-31-49-53(32-51(48)57-50(41)30-35)58-52-29-25-34-13-2-4-16-38(34)56(49)52/h1-32H. The zero-order valence-corrected chi connectivity index (χ0v) is 32.1. The molecule has 0 saturated carbocycles. The minimum absolute atomic E-state index is 0.911. The van der Waals surface area contributed by atoms with Gasteiger partial charge in [-0.15, -0.1) is 11.3 Å². The molecular formula is C56H32OS. The summed E-state index contributed by atoms with van der Waals surface area (Å²) in [6.07, 6.45) is 0. The van der Waals surface area contributed by atoms with Gasteiger partial charge in [0.15, 0.2) is 0 Å². The maximum absolute atomic E-state index is 6.69. The second kappa shape index (κ2) is 12.1. The molecule has 2 aromatic heterocycles. The van der Waals surface area contributed by atoms with Crippen LogP contribution < -0.4 is 0 Å². The van der Waals surface area contributed by atoms with E-state index < -0.39 is 0 Å². The first-order chi connectivity index (χ1) is 28.8. The monoisotopic (exact) mass is 752 g/mol. The van der Waals surface area contributed by atoms with Crippen LogP contribution in [0.1, 0.15) is 0 Å². The molecule has 13 aromatic rings. The Kier molecular flexibility index (Phi) is 6.66. The van der Waals surface area contributed by atoms with Gasteiger partial charge < -0.3 is 4.42 Å². The van der Waals surface area contributed by atoms with Crippen LogP contribution in [0.5, 0.6) is 0 Å². The SMILES string of the molecule is c1ccc2c(-c3c4ccccc4c(-c4ccc(-c5ccc6c(c5)oc5cc7sc8ccc9ccccc9c8c7cc56)c5ccccc45)c4ccccc34)cccc2c1. The van der Waals surface area contributed by atoms with Crippen LogP contribution >= 0.6 is 11.3 Å². The first-order valence-corrected chi connectivity index (χ1v) is 20.7. The number of hydrogen-bond donors (Lipinski definition) is 0. The number of fused-ring (bicyclic) bond motifs is 12. The van der Waals surface area contributed by atoms with Crippen molar-refractivity contribution in [1.82, 2.24) is 0 Å². The van der Waals surface area contributed by atoms with E-state index in [1.807, 2.05) is 11.3 Å². The molecule has 0 aliphatic rings. The summed E-state index contributed by atoms with van der Waals surface area (Å²) in [5.41, 5.74) is 9.24. The Morgan fingerprint density at radius 3 is 1.53 bits per heavy atom. The summed E-state index contributed by atoms with van der Waals surface area (Å²) in [6.45, 7) is 0. The van der Waals surface area contributed by atoms with Gasteiger partial charge in [-0.05, 0) is 118 Å². The highest BCUT2D eigenvalue weighted by Crippen LogP contribution is 2.48. The van der Waals surface area contributed by atoms with Crippen LogP contribution in [0.25, 0.3) is 129 Å². The Balaban J connectivity index is 1.01. The second-order valence-corrected chi connectivity index (χ2v) is 16.6. The van der Waals surface area contributed by atoms with Gasteiger partial charge in [-0.3, -0.25) is 0 Å². The Morgan fingerprint density at radius 1 is 0.293 bits per heavy atom. The van der Waals surface area contributed by atoms with E-state index in [-0.39, 0.29) is 0 Å². The molecule has 0 spiro atoms. The van der Waals surface area contributed by atoms with Crippen molar-refractivity contribution < 1.29 is 4.42 Å². The predicted octanol–water partition coefficient (Wildman–Crippen LogP) is 16.7. The average molecular weight is 753 g/mol. The fraction of sp³-hybridized carbons (Fsp3) is 0. The van der Waals surface area contributed by atoms with Gasteiger partial charge in [-0.25, -0.2) is 0 Å². The van der Waals surface area contributed by atoms with Gasteiger partial charge in [0.2, 0.25) is 0 Å². The first-order valence-electron chi connectivity index (χ1n) is 19.9. The fourth-order valence-electron chi connectivity index (χ4n) is 9.91. The third-order valence-corrected chi connectivity index (χ3v) is 13.6.